The number of nitrogens with one attached hydrogen (secondary N) is 2. The molecule has 0 aliphatic heterocycles. The zero-order valence-corrected chi connectivity index (χ0v) is 10.7. The van der Waals surface area contributed by atoms with Gasteiger partial charge in [0.25, 0.3) is 5.91 Å². The quantitative estimate of drug-likeness (QED) is 0.634. The van der Waals surface area contributed by atoms with E-state index in [2.05, 4.69) is 22.4 Å². The standard InChI is InChI=1S/C12H22N4O/c1-3-5-6-7-8-14-12(17)11-10(13)9(4-2)15-16-11/h3-8,13H2,1-2H3,(H,14,17)(H,15,16). The molecule has 5 nitrogen and oxygen atoms in total. The molecule has 0 atom stereocenters. The molecule has 1 rings (SSSR count). The summed E-state index contributed by atoms with van der Waals surface area (Å²) in [5.41, 5.74) is 7.42. The lowest BCUT2D eigenvalue weighted by molar-refractivity contribution is 0.0949. The first-order chi connectivity index (χ1) is 8.20. The fourth-order valence-corrected chi connectivity index (χ4v) is 1.67. The third-order valence-corrected chi connectivity index (χ3v) is 2.77. The van der Waals surface area contributed by atoms with Crippen LogP contribution in [0.5, 0.6) is 0 Å². The van der Waals surface area contributed by atoms with Crippen LogP contribution >= 0.6 is 0 Å². The van der Waals surface area contributed by atoms with E-state index in [9.17, 15) is 4.79 Å². The van der Waals surface area contributed by atoms with E-state index < -0.39 is 0 Å². The molecule has 17 heavy (non-hydrogen) atoms. The van der Waals surface area contributed by atoms with Gasteiger partial charge >= 0.3 is 0 Å². The van der Waals surface area contributed by atoms with Gasteiger partial charge in [0.15, 0.2) is 5.69 Å². The van der Waals surface area contributed by atoms with Gasteiger partial charge in [-0.25, -0.2) is 0 Å². The number of carbonyl (C=O) groups is 1. The Labute approximate surface area is 102 Å². The first kappa shape index (κ1) is 13.5. The lowest BCUT2D eigenvalue weighted by atomic mass is 10.2. The minimum Gasteiger partial charge on any atom is -0.395 e. The van der Waals surface area contributed by atoms with Crippen LogP contribution in [0.15, 0.2) is 0 Å². The van der Waals surface area contributed by atoms with Crippen molar-refractivity contribution in [3.8, 4) is 0 Å². The molecule has 1 aromatic rings. The zero-order valence-electron chi connectivity index (χ0n) is 10.7. The fraction of sp³-hybridized carbons (Fsp3) is 0.667. The molecule has 96 valence electrons. The van der Waals surface area contributed by atoms with Crippen LogP contribution in [0.25, 0.3) is 0 Å². The van der Waals surface area contributed by atoms with Crippen molar-refractivity contribution in [3.63, 3.8) is 0 Å². The van der Waals surface area contributed by atoms with E-state index in [-0.39, 0.29) is 5.91 Å². The number of nitrogens with two attached hydrogens (primary N) is 1. The van der Waals surface area contributed by atoms with Crippen LogP contribution in [0.2, 0.25) is 0 Å². The number of nitrogen functional groups attached to an aromatic ring is 1. The number of nitrogens with zero attached hydrogens (tertiary/aromatic N) is 1. The minimum atomic E-state index is -0.185. The van der Waals surface area contributed by atoms with Crippen LogP contribution < -0.4 is 11.1 Å². The highest BCUT2D eigenvalue weighted by Crippen LogP contribution is 2.13. The van der Waals surface area contributed by atoms with Gasteiger partial charge in [0.2, 0.25) is 0 Å². The third kappa shape index (κ3) is 3.76. The van der Waals surface area contributed by atoms with Crippen LogP contribution in [-0.2, 0) is 6.42 Å². The third-order valence-electron chi connectivity index (χ3n) is 2.77. The number of aromatic amines is 1. The van der Waals surface area contributed by atoms with Crippen LogP contribution in [0.4, 0.5) is 5.69 Å². The fourth-order valence-electron chi connectivity index (χ4n) is 1.67. The van der Waals surface area contributed by atoms with E-state index >= 15 is 0 Å². The molecule has 4 N–H and O–H groups in total. The molecule has 0 spiro atoms. The topological polar surface area (TPSA) is 83.8 Å². The van der Waals surface area contributed by atoms with E-state index in [1.807, 2.05) is 6.92 Å². The molecule has 0 aliphatic carbocycles. The van der Waals surface area contributed by atoms with Crippen LogP contribution in [-0.4, -0.2) is 22.6 Å². The minimum absolute atomic E-state index is 0.185. The summed E-state index contributed by atoms with van der Waals surface area (Å²) in [6.45, 7) is 4.82. The summed E-state index contributed by atoms with van der Waals surface area (Å²) in [4.78, 5) is 11.8. The molecule has 1 heterocycles. The van der Waals surface area contributed by atoms with Crippen molar-refractivity contribution < 1.29 is 4.79 Å². The average molecular weight is 238 g/mol. The van der Waals surface area contributed by atoms with Gasteiger partial charge in [-0.05, 0) is 12.8 Å². The lowest BCUT2D eigenvalue weighted by Crippen LogP contribution is -2.25. The van der Waals surface area contributed by atoms with Gasteiger partial charge in [0.1, 0.15) is 0 Å². The maximum atomic E-state index is 11.8. The van der Waals surface area contributed by atoms with Crippen molar-refractivity contribution in [1.82, 2.24) is 15.5 Å². The Hall–Kier alpha value is -1.52. The van der Waals surface area contributed by atoms with E-state index in [1.165, 1.54) is 12.8 Å². The maximum Gasteiger partial charge on any atom is 0.273 e. The Morgan fingerprint density at radius 3 is 2.71 bits per heavy atom. The monoisotopic (exact) mass is 238 g/mol. The van der Waals surface area contributed by atoms with Crippen molar-refractivity contribution >= 4 is 11.6 Å². The second kappa shape index (κ2) is 6.93. The molecule has 0 saturated heterocycles. The second-order valence-corrected chi connectivity index (χ2v) is 4.13. The number of aromatic nitrogens is 2. The number of aryl methyl sites for hydroxylation is 1. The Bertz CT molecular complexity index is 359. The summed E-state index contributed by atoms with van der Waals surface area (Å²) < 4.78 is 0. The SMILES string of the molecule is CCCCCCNC(=O)c1n[nH]c(CC)c1N. The highest BCUT2D eigenvalue weighted by atomic mass is 16.1. The van der Waals surface area contributed by atoms with Gasteiger partial charge < -0.3 is 11.1 Å². The summed E-state index contributed by atoms with van der Waals surface area (Å²) in [5.74, 6) is -0.185. The first-order valence-corrected chi connectivity index (χ1v) is 6.31. The van der Waals surface area contributed by atoms with E-state index in [0.29, 0.717) is 17.9 Å². The predicted molar refractivity (Wildman–Crippen MR) is 68.9 cm³/mol. The van der Waals surface area contributed by atoms with Gasteiger partial charge in [-0.15, -0.1) is 0 Å². The number of hydrogen-bond donors (Lipinski definition) is 3. The second-order valence-electron chi connectivity index (χ2n) is 4.13. The van der Waals surface area contributed by atoms with Gasteiger partial charge in [-0.3, -0.25) is 9.89 Å². The lowest BCUT2D eigenvalue weighted by Gasteiger charge is -2.03. The highest BCUT2D eigenvalue weighted by Gasteiger charge is 2.15. The molecule has 0 bridgehead atoms. The summed E-state index contributed by atoms with van der Waals surface area (Å²) >= 11 is 0. The number of H-pyrrole nitrogens is 1. The van der Waals surface area contributed by atoms with Gasteiger partial charge in [-0.2, -0.15) is 5.10 Å². The molecule has 0 aromatic carbocycles. The summed E-state index contributed by atoms with van der Waals surface area (Å²) in [7, 11) is 0. The van der Waals surface area contributed by atoms with Crippen LogP contribution in [0.1, 0.15) is 55.7 Å². The zero-order chi connectivity index (χ0) is 12.7. The van der Waals surface area contributed by atoms with Crippen LogP contribution in [0.3, 0.4) is 0 Å². The number of carbonyl (C=O) groups excluding carboxylic acids is 1. The van der Waals surface area contributed by atoms with Crippen molar-refractivity contribution in [3.05, 3.63) is 11.4 Å². The summed E-state index contributed by atoms with van der Waals surface area (Å²) in [6.07, 6.45) is 5.31. The normalized spacial score (nSPS) is 10.5. The van der Waals surface area contributed by atoms with Crippen LogP contribution in [0, 0.1) is 0 Å². The molecule has 1 amide bonds. The smallest absolute Gasteiger partial charge is 0.273 e. The van der Waals surface area contributed by atoms with E-state index in [1.54, 1.807) is 0 Å². The van der Waals surface area contributed by atoms with Crippen molar-refractivity contribution in [1.29, 1.82) is 0 Å². The number of hydrogen-bond acceptors (Lipinski definition) is 3. The molecule has 1 aromatic heterocycles. The molecule has 5 heteroatoms. The van der Waals surface area contributed by atoms with E-state index in [4.69, 9.17) is 5.73 Å². The van der Waals surface area contributed by atoms with Gasteiger partial charge in [-0.1, -0.05) is 33.1 Å². The maximum absolute atomic E-state index is 11.8. The molecule has 0 unspecified atom stereocenters. The van der Waals surface area contributed by atoms with Crippen molar-refractivity contribution in [2.24, 2.45) is 0 Å². The molecule has 0 saturated carbocycles. The number of unbranched alkanes of at least 4 members (excludes halogenated alkanes) is 3. The van der Waals surface area contributed by atoms with Gasteiger partial charge in [0.05, 0.1) is 11.4 Å². The van der Waals surface area contributed by atoms with Crippen molar-refractivity contribution in [2.45, 2.75) is 46.0 Å². The summed E-state index contributed by atoms with van der Waals surface area (Å²) in [6, 6.07) is 0. The molecular weight excluding hydrogens is 216 g/mol. The highest BCUT2D eigenvalue weighted by molar-refractivity contribution is 5.97. The van der Waals surface area contributed by atoms with Gasteiger partial charge in [0, 0.05) is 6.54 Å². The number of rotatable bonds is 7. The predicted octanol–water partition coefficient (Wildman–Crippen LogP) is 1.86. The molecular formula is C12H22N4O. The molecule has 0 radical (unpaired) electrons. The largest absolute Gasteiger partial charge is 0.395 e. The Kier molecular flexibility index (Phi) is 5.52. The molecule has 0 aliphatic rings. The number of anilines is 1. The Morgan fingerprint density at radius 1 is 1.35 bits per heavy atom. The molecule has 0 fully saturated rings. The Morgan fingerprint density at radius 2 is 2.12 bits per heavy atom. The number of amides is 1. The Balaban J connectivity index is 2.39. The van der Waals surface area contributed by atoms with E-state index in [0.717, 1.165) is 25.0 Å². The average Bonchev–Trinajstić information content (AvgIpc) is 2.70. The summed E-state index contributed by atoms with van der Waals surface area (Å²) in [5, 5.41) is 9.55. The van der Waals surface area contributed by atoms with Crippen molar-refractivity contribution in [2.75, 3.05) is 12.3 Å². The first-order valence-electron chi connectivity index (χ1n) is 6.31.